The number of piperidine rings is 1. The average Bonchev–Trinajstić information content (AvgIpc) is 2.65. The van der Waals surface area contributed by atoms with Gasteiger partial charge in [0.2, 0.25) is 0 Å². The van der Waals surface area contributed by atoms with Gasteiger partial charge in [0.15, 0.2) is 0 Å². The summed E-state index contributed by atoms with van der Waals surface area (Å²) >= 11 is 0. The van der Waals surface area contributed by atoms with E-state index in [2.05, 4.69) is 5.32 Å². The number of hydrogen-bond acceptors (Lipinski definition) is 4. The summed E-state index contributed by atoms with van der Waals surface area (Å²) in [5.74, 6) is 0.264. The van der Waals surface area contributed by atoms with Crippen LogP contribution < -0.4 is 11.1 Å². The molecule has 1 aliphatic heterocycles. The topological polar surface area (TPSA) is 64.3 Å². The van der Waals surface area contributed by atoms with Crippen molar-refractivity contribution >= 4 is 5.97 Å². The van der Waals surface area contributed by atoms with Gasteiger partial charge in [-0.2, -0.15) is 0 Å². The van der Waals surface area contributed by atoms with Crippen LogP contribution in [-0.4, -0.2) is 24.3 Å². The van der Waals surface area contributed by atoms with Gasteiger partial charge in [-0.15, -0.1) is 0 Å². The minimum atomic E-state index is -0.415. The van der Waals surface area contributed by atoms with Crippen LogP contribution in [0.25, 0.3) is 0 Å². The number of nitrogens with two attached hydrogens (primary N) is 1. The molecule has 0 aromatic heterocycles. The van der Waals surface area contributed by atoms with Gasteiger partial charge in [-0.3, -0.25) is 4.79 Å². The monoisotopic (exact) mass is 198 g/mol. The number of carbonyl (C=O) groups excluding carboxylic acids is 1. The maximum Gasteiger partial charge on any atom is 0.315 e. The molecule has 1 saturated heterocycles. The molecule has 0 aromatic rings. The van der Waals surface area contributed by atoms with Crippen molar-refractivity contribution in [1.29, 1.82) is 0 Å². The highest BCUT2D eigenvalue weighted by Crippen LogP contribution is 2.58. The first-order valence-corrected chi connectivity index (χ1v) is 5.09. The summed E-state index contributed by atoms with van der Waals surface area (Å²) in [4.78, 5) is 11.9. The van der Waals surface area contributed by atoms with E-state index in [1.165, 1.54) is 0 Å². The first kappa shape index (κ1) is 9.93. The van der Waals surface area contributed by atoms with Gasteiger partial charge in [-0.25, -0.2) is 0 Å². The number of fused-ring (bicyclic) bond motifs is 1. The Bertz CT molecular complexity index is 272. The molecule has 3 unspecified atom stereocenters. The molecule has 1 heterocycles. The summed E-state index contributed by atoms with van der Waals surface area (Å²) in [6, 6.07) is 0. The first-order valence-electron chi connectivity index (χ1n) is 5.09. The van der Waals surface area contributed by atoms with Crippen LogP contribution in [0.5, 0.6) is 0 Å². The Morgan fingerprint density at radius 3 is 2.57 bits per heavy atom. The zero-order chi connectivity index (χ0) is 10.6. The zero-order valence-electron chi connectivity index (χ0n) is 8.96. The number of nitrogens with one attached hydrogen (secondary N) is 1. The fourth-order valence-electron chi connectivity index (χ4n) is 2.19. The lowest BCUT2D eigenvalue weighted by atomic mass is 10.0. The highest BCUT2D eigenvalue weighted by atomic mass is 16.6. The Morgan fingerprint density at radius 2 is 2.21 bits per heavy atom. The van der Waals surface area contributed by atoms with Crippen molar-refractivity contribution in [2.45, 2.75) is 39.0 Å². The molecule has 1 saturated carbocycles. The van der Waals surface area contributed by atoms with Crippen LogP contribution in [0.15, 0.2) is 0 Å². The Morgan fingerprint density at radius 1 is 1.57 bits per heavy atom. The molecule has 4 heteroatoms. The van der Waals surface area contributed by atoms with Crippen LogP contribution in [0.4, 0.5) is 0 Å². The van der Waals surface area contributed by atoms with Crippen LogP contribution in [-0.2, 0) is 9.53 Å². The van der Waals surface area contributed by atoms with E-state index in [1.54, 1.807) is 0 Å². The van der Waals surface area contributed by atoms with E-state index in [4.69, 9.17) is 10.5 Å². The van der Waals surface area contributed by atoms with Gasteiger partial charge in [0.1, 0.15) is 11.0 Å². The van der Waals surface area contributed by atoms with Crippen molar-refractivity contribution in [1.82, 2.24) is 5.32 Å². The maximum absolute atomic E-state index is 11.9. The molecule has 2 fully saturated rings. The van der Waals surface area contributed by atoms with Gasteiger partial charge in [0.25, 0.3) is 0 Å². The second kappa shape index (κ2) is 2.70. The third kappa shape index (κ3) is 1.33. The predicted octanol–water partition coefficient (Wildman–Crippen LogP) is 0.222. The van der Waals surface area contributed by atoms with Crippen LogP contribution in [0.2, 0.25) is 0 Å². The molecule has 0 spiro atoms. The van der Waals surface area contributed by atoms with Crippen molar-refractivity contribution in [3.05, 3.63) is 0 Å². The number of ether oxygens (including phenoxy) is 1. The van der Waals surface area contributed by atoms with E-state index in [-0.39, 0.29) is 12.1 Å². The van der Waals surface area contributed by atoms with Gasteiger partial charge < -0.3 is 15.8 Å². The SMILES string of the molecule is CC(C)(C)OC(=O)C12CC1CNC2N. The van der Waals surface area contributed by atoms with E-state index in [9.17, 15) is 4.79 Å². The molecule has 14 heavy (non-hydrogen) atoms. The molecule has 1 aliphatic carbocycles. The molecule has 4 nitrogen and oxygen atoms in total. The smallest absolute Gasteiger partial charge is 0.315 e. The zero-order valence-corrected chi connectivity index (χ0v) is 8.96. The molecular formula is C10H18N2O2. The molecule has 3 N–H and O–H groups in total. The molecular weight excluding hydrogens is 180 g/mol. The summed E-state index contributed by atoms with van der Waals surface area (Å²) < 4.78 is 5.38. The minimum Gasteiger partial charge on any atom is -0.459 e. The molecule has 0 amide bonds. The van der Waals surface area contributed by atoms with Crippen molar-refractivity contribution in [2.24, 2.45) is 17.1 Å². The molecule has 3 atom stereocenters. The quantitative estimate of drug-likeness (QED) is 0.592. The van der Waals surface area contributed by atoms with E-state index in [0.717, 1.165) is 13.0 Å². The number of hydrogen-bond donors (Lipinski definition) is 2. The molecule has 2 rings (SSSR count). The van der Waals surface area contributed by atoms with Crippen LogP contribution in [0, 0.1) is 11.3 Å². The Hall–Kier alpha value is -0.610. The van der Waals surface area contributed by atoms with E-state index < -0.39 is 11.0 Å². The average molecular weight is 198 g/mol. The lowest BCUT2D eigenvalue weighted by Crippen LogP contribution is -2.46. The van der Waals surface area contributed by atoms with Crippen molar-refractivity contribution in [3.63, 3.8) is 0 Å². The normalized spacial score (nSPS) is 40.6. The molecule has 2 aliphatic rings. The Balaban J connectivity index is 2.06. The van der Waals surface area contributed by atoms with Crippen molar-refractivity contribution < 1.29 is 9.53 Å². The Labute approximate surface area is 84.2 Å². The highest BCUT2D eigenvalue weighted by molar-refractivity contribution is 5.82. The third-order valence-electron chi connectivity index (χ3n) is 3.07. The highest BCUT2D eigenvalue weighted by Gasteiger charge is 2.68. The van der Waals surface area contributed by atoms with Gasteiger partial charge in [0, 0.05) is 6.54 Å². The maximum atomic E-state index is 11.9. The van der Waals surface area contributed by atoms with Crippen LogP contribution in [0.3, 0.4) is 0 Å². The molecule has 0 bridgehead atoms. The molecule has 0 radical (unpaired) electrons. The first-order chi connectivity index (χ1) is 6.36. The number of carbonyl (C=O) groups is 1. The summed E-state index contributed by atoms with van der Waals surface area (Å²) in [6.45, 7) is 6.49. The minimum absolute atomic E-state index is 0.132. The number of esters is 1. The fraction of sp³-hybridized carbons (Fsp3) is 0.900. The summed E-state index contributed by atoms with van der Waals surface area (Å²) in [5, 5.41) is 3.10. The van der Waals surface area contributed by atoms with Crippen molar-refractivity contribution in [3.8, 4) is 0 Å². The van der Waals surface area contributed by atoms with Crippen molar-refractivity contribution in [2.75, 3.05) is 6.54 Å². The third-order valence-corrected chi connectivity index (χ3v) is 3.07. The largest absolute Gasteiger partial charge is 0.459 e. The lowest BCUT2D eigenvalue weighted by molar-refractivity contribution is -0.162. The van der Waals surface area contributed by atoms with Gasteiger partial charge in [-0.05, 0) is 33.1 Å². The summed E-state index contributed by atoms with van der Waals surface area (Å²) in [6.07, 6.45) is 0.665. The Kier molecular flexibility index (Phi) is 1.92. The standard InChI is InChI=1S/C10H18N2O2/c1-9(2,3)14-8(13)10-4-6(10)5-12-7(10)11/h6-7,12H,4-5,11H2,1-3H3. The summed E-state index contributed by atoms with van der Waals surface area (Å²) in [5.41, 5.74) is 5.04. The van der Waals surface area contributed by atoms with Crippen LogP contribution >= 0.6 is 0 Å². The second-order valence-electron chi connectivity index (χ2n) is 5.33. The number of rotatable bonds is 1. The predicted molar refractivity (Wildman–Crippen MR) is 52.4 cm³/mol. The van der Waals surface area contributed by atoms with Gasteiger partial charge >= 0.3 is 5.97 Å². The second-order valence-corrected chi connectivity index (χ2v) is 5.33. The summed E-state index contributed by atoms with van der Waals surface area (Å²) in [7, 11) is 0. The lowest BCUT2D eigenvalue weighted by Gasteiger charge is -2.25. The van der Waals surface area contributed by atoms with Gasteiger partial charge in [0.05, 0.1) is 6.17 Å². The van der Waals surface area contributed by atoms with E-state index in [0.29, 0.717) is 5.92 Å². The van der Waals surface area contributed by atoms with E-state index in [1.807, 2.05) is 20.8 Å². The van der Waals surface area contributed by atoms with Crippen LogP contribution in [0.1, 0.15) is 27.2 Å². The molecule has 80 valence electrons. The van der Waals surface area contributed by atoms with E-state index >= 15 is 0 Å². The molecule has 0 aromatic carbocycles. The fourth-order valence-corrected chi connectivity index (χ4v) is 2.19. The van der Waals surface area contributed by atoms with Gasteiger partial charge in [-0.1, -0.05) is 0 Å².